The van der Waals surface area contributed by atoms with Crippen molar-refractivity contribution in [2.24, 2.45) is 29.1 Å². The average molecular weight is 807 g/mol. The third kappa shape index (κ3) is 8.11. The summed E-state index contributed by atoms with van der Waals surface area (Å²) in [6.45, 7) is 13.9. The molecule has 0 spiro atoms. The van der Waals surface area contributed by atoms with E-state index in [0.717, 1.165) is 0 Å². The van der Waals surface area contributed by atoms with Crippen molar-refractivity contribution in [3.05, 3.63) is 36.2 Å². The van der Waals surface area contributed by atoms with Crippen LogP contribution in [-0.4, -0.2) is 125 Å². The average Bonchev–Trinajstić information content (AvgIpc) is 3.89. The summed E-state index contributed by atoms with van der Waals surface area (Å²) < 4.78 is 37.2. The number of nitrogens with one attached hydrogen (secondary N) is 1. The molecule has 15 heteroatoms. The number of esters is 2. The Morgan fingerprint density at radius 2 is 1.81 bits per heavy atom. The standard InChI is InChI=1S/C43H58N4O11/c1-11-31-43(8)35-32(39(52)57-43)45-22-41(35,6)36(50)23(2)21-42(7,53-18-14-15-27-20-30(58-46-27)28-16-12-13-17-44-28)37(25(4)33(48)26(5)38(51)55-31)56-40-34(49)29(47(9)10)19-24(3)54-40/h12-13,16-17,20,23-26,29,31-32,34-35,37,40,45,49H,11,18-19,21-22H2,1-10H3/t23-,24-,25+,26-,29+,31-,32?,34-,35?,37-,40+,41?,42+,43-/m1/s1. The second-order valence-corrected chi connectivity index (χ2v) is 17.4. The summed E-state index contributed by atoms with van der Waals surface area (Å²) in [6, 6.07) is 5.95. The topological polar surface area (TPSA) is 189 Å². The largest absolute Gasteiger partial charge is 0.458 e. The maximum Gasteiger partial charge on any atom is 0.324 e. The third-order valence-corrected chi connectivity index (χ3v) is 12.9. The molecule has 0 aromatic carbocycles. The van der Waals surface area contributed by atoms with Gasteiger partial charge in [-0.05, 0) is 79.1 Å². The van der Waals surface area contributed by atoms with Crippen LogP contribution >= 0.6 is 0 Å². The maximum absolute atomic E-state index is 15.0. The zero-order valence-corrected chi connectivity index (χ0v) is 35.1. The van der Waals surface area contributed by atoms with Crippen LogP contribution < -0.4 is 5.32 Å². The van der Waals surface area contributed by atoms with Gasteiger partial charge in [0.05, 0.1) is 17.8 Å². The minimum absolute atomic E-state index is 0.0353. The van der Waals surface area contributed by atoms with E-state index in [-0.39, 0.29) is 43.9 Å². The molecule has 15 nitrogen and oxygen atoms in total. The maximum atomic E-state index is 15.0. The predicted molar refractivity (Wildman–Crippen MR) is 208 cm³/mol. The zero-order valence-electron chi connectivity index (χ0n) is 35.1. The number of carbonyl (C=O) groups is 4. The summed E-state index contributed by atoms with van der Waals surface area (Å²) >= 11 is 0. The molecule has 4 fully saturated rings. The van der Waals surface area contributed by atoms with Gasteiger partial charge in [-0.2, -0.15) is 0 Å². The van der Waals surface area contributed by atoms with Crippen LogP contribution in [0.1, 0.15) is 80.3 Å². The number of cyclic esters (lactones) is 1. The number of aliphatic hydroxyl groups is 1. The van der Waals surface area contributed by atoms with Crippen LogP contribution in [0.4, 0.5) is 0 Å². The highest BCUT2D eigenvalue weighted by atomic mass is 16.7. The number of hydrogen-bond acceptors (Lipinski definition) is 15. The fourth-order valence-corrected chi connectivity index (χ4v) is 9.86. The Labute approximate surface area is 340 Å². The lowest BCUT2D eigenvalue weighted by Crippen LogP contribution is -2.60. The van der Waals surface area contributed by atoms with Gasteiger partial charge in [-0.3, -0.25) is 24.2 Å². The van der Waals surface area contributed by atoms with E-state index in [1.54, 1.807) is 52.1 Å². The summed E-state index contributed by atoms with van der Waals surface area (Å²) in [4.78, 5) is 63.0. The van der Waals surface area contributed by atoms with Crippen LogP contribution in [0.25, 0.3) is 11.5 Å². The molecule has 3 unspecified atom stereocenters. The molecule has 4 aliphatic heterocycles. The molecule has 0 aliphatic carbocycles. The van der Waals surface area contributed by atoms with Crippen molar-refractivity contribution in [2.75, 3.05) is 27.2 Å². The molecular formula is C43H58N4O11. The van der Waals surface area contributed by atoms with Crippen molar-refractivity contribution in [3.8, 4) is 23.3 Å². The van der Waals surface area contributed by atoms with E-state index in [9.17, 15) is 24.3 Å². The highest BCUT2D eigenvalue weighted by Gasteiger charge is 2.69. The number of ether oxygens (including phenoxy) is 5. The van der Waals surface area contributed by atoms with Crippen molar-refractivity contribution in [3.63, 3.8) is 0 Å². The van der Waals surface area contributed by atoms with Gasteiger partial charge in [-0.25, -0.2) is 0 Å². The molecule has 2 aromatic rings. The third-order valence-electron chi connectivity index (χ3n) is 12.9. The van der Waals surface area contributed by atoms with Crippen LogP contribution in [0.15, 0.2) is 35.0 Å². The number of aromatic nitrogens is 2. The first-order chi connectivity index (χ1) is 27.3. The number of aliphatic hydroxyl groups excluding tert-OH is 1. The Kier molecular flexibility index (Phi) is 12.7. The van der Waals surface area contributed by atoms with Crippen LogP contribution in [0.3, 0.4) is 0 Å². The molecule has 316 valence electrons. The molecule has 6 rings (SSSR count). The molecule has 2 aromatic heterocycles. The summed E-state index contributed by atoms with van der Waals surface area (Å²) in [7, 11) is 3.72. The Morgan fingerprint density at radius 3 is 2.48 bits per heavy atom. The predicted octanol–water partition coefficient (Wildman–Crippen LogP) is 3.36. The lowest BCUT2D eigenvalue weighted by molar-refractivity contribution is -0.296. The first kappa shape index (κ1) is 43.5. The molecule has 0 radical (unpaired) electrons. The van der Waals surface area contributed by atoms with Crippen LogP contribution in [-0.2, 0) is 42.9 Å². The molecule has 0 amide bonds. The molecule has 4 aliphatic rings. The number of nitrogens with zero attached hydrogens (tertiary/aromatic N) is 3. The summed E-state index contributed by atoms with van der Waals surface area (Å²) in [5.41, 5.74) is -3.00. The summed E-state index contributed by atoms with van der Waals surface area (Å²) in [6.07, 6.45) is -2.24. The van der Waals surface area contributed by atoms with Crippen LogP contribution in [0.2, 0.25) is 0 Å². The van der Waals surface area contributed by atoms with Gasteiger partial charge in [-0.15, -0.1) is 0 Å². The van der Waals surface area contributed by atoms with E-state index >= 15 is 0 Å². The summed E-state index contributed by atoms with van der Waals surface area (Å²) in [5, 5.41) is 18.9. The van der Waals surface area contributed by atoms with Crippen molar-refractivity contribution in [1.82, 2.24) is 20.4 Å². The van der Waals surface area contributed by atoms with Gasteiger partial charge in [0.15, 0.2) is 29.1 Å². The first-order valence-corrected chi connectivity index (χ1v) is 20.3. The number of pyridine rings is 1. The lowest BCUT2D eigenvalue weighted by atomic mass is 9.62. The van der Waals surface area contributed by atoms with E-state index in [4.69, 9.17) is 28.2 Å². The van der Waals surface area contributed by atoms with Gasteiger partial charge in [0.1, 0.15) is 42.3 Å². The summed E-state index contributed by atoms with van der Waals surface area (Å²) in [5.74, 6) is 0.675. The second kappa shape index (κ2) is 16.9. The van der Waals surface area contributed by atoms with Gasteiger partial charge in [0, 0.05) is 48.0 Å². The number of carbonyl (C=O) groups excluding carboxylic acids is 4. The molecule has 2 N–H and O–H groups in total. The molecule has 0 saturated carbocycles. The van der Waals surface area contributed by atoms with E-state index in [1.807, 2.05) is 45.8 Å². The van der Waals surface area contributed by atoms with Gasteiger partial charge in [-0.1, -0.05) is 44.8 Å². The van der Waals surface area contributed by atoms with Crippen LogP contribution in [0, 0.1) is 40.9 Å². The second-order valence-electron chi connectivity index (χ2n) is 17.4. The van der Waals surface area contributed by atoms with Crippen molar-refractivity contribution >= 4 is 23.5 Å². The number of hydrogen-bond donors (Lipinski definition) is 2. The quantitative estimate of drug-likeness (QED) is 0.235. The monoisotopic (exact) mass is 806 g/mol. The number of likely N-dealkylation sites (N-methyl/N-ethyl adjacent to an activating group) is 1. The van der Waals surface area contributed by atoms with Gasteiger partial charge in [0.2, 0.25) is 0 Å². The van der Waals surface area contributed by atoms with Crippen LogP contribution in [0.5, 0.6) is 0 Å². The highest BCUT2D eigenvalue weighted by Crippen LogP contribution is 2.53. The zero-order chi connectivity index (χ0) is 42.3. The molecule has 0 bridgehead atoms. The highest BCUT2D eigenvalue weighted by molar-refractivity contribution is 6.00. The van der Waals surface area contributed by atoms with E-state index < -0.39 is 88.7 Å². The van der Waals surface area contributed by atoms with Gasteiger partial charge < -0.3 is 43.5 Å². The Balaban J connectivity index is 1.41. The number of Topliss-reactive ketones (excluding diaryl/α,β-unsaturated/α-hetero) is 2. The molecule has 14 atom stereocenters. The van der Waals surface area contributed by atoms with Crippen molar-refractivity contribution in [1.29, 1.82) is 0 Å². The Bertz CT molecular complexity index is 1910. The fraction of sp³-hybridized carbons (Fsp3) is 0.674. The smallest absolute Gasteiger partial charge is 0.324 e. The van der Waals surface area contributed by atoms with Crippen molar-refractivity contribution < 1.29 is 52.5 Å². The Morgan fingerprint density at radius 1 is 1.07 bits per heavy atom. The molecule has 4 saturated heterocycles. The van der Waals surface area contributed by atoms with E-state index in [0.29, 0.717) is 23.6 Å². The minimum atomic E-state index is -1.45. The lowest BCUT2D eigenvalue weighted by Gasteiger charge is -2.47. The van der Waals surface area contributed by atoms with Gasteiger partial charge in [0.25, 0.3) is 0 Å². The SMILES string of the molecule is CC[C@H]1OC(=O)[C@H](C)C(=O)[C@H](C)[C@@H](O[C@@H]2O[C@H](C)C[C@H](N(C)C)[C@H]2O)[C@@](C)(OCC#Cc2cc(-c3ccccn3)on2)C[C@@H](C)C(=O)C2(C)CNC3C(=O)O[C@@]1(C)C32. The fourth-order valence-electron chi connectivity index (χ4n) is 9.86. The normalized spacial score (nSPS) is 39.7. The molecule has 58 heavy (non-hydrogen) atoms. The van der Waals surface area contributed by atoms with Gasteiger partial charge >= 0.3 is 11.9 Å². The van der Waals surface area contributed by atoms with E-state index in [1.165, 1.54) is 6.92 Å². The number of ketones is 2. The minimum Gasteiger partial charge on any atom is -0.458 e. The van der Waals surface area contributed by atoms with Crippen molar-refractivity contribution in [2.45, 2.75) is 129 Å². The Hall–Kier alpha value is -4.04. The first-order valence-electron chi connectivity index (χ1n) is 20.3. The molecule has 6 heterocycles. The molecular weight excluding hydrogens is 748 g/mol. The van der Waals surface area contributed by atoms with E-state index in [2.05, 4.69) is 27.3 Å². The number of rotatable bonds is 7.